The first-order chi connectivity index (χ1) is 9.83. The number of pyridine rings is 1. The van der Waals surface area contributed by atoms with E-state index in [2.05, 4.69) is 54.4 Å². The molecule has 0 aliphatic heterocycles. The lowest BCUT2D eigenvalue weighted by atomic mass is 10.1. The lowest BCUT2D eigenvalue weighted by Gasteiger charge is -2.01. The van der Waals surface area contributed by atoms with Crippen LogP contribution in [-0.4, -0.2) is 4.98 Å². The van der Waals surface area contributed by atoms with Gasteiger partial charge in [-0.15, -0.1) is 11.3 Å². The van der Waals surface area contributed by atoms with Crippen molar-refractivity contribution in [1.82, 2.24) is 4.98 Å². The van der Waals surface area contributed by atoms with Gasteiger partial charge in [-0.05, 0) is 30.7 Å². The van der Waals surface area contributed by atoms with Crippen molar-refractivity contribution < 1.29 is 0 Å². The molecule has 0 saturated carbocycles. The van der Waals surface area contributed by atoms with Crippen molar-refractivity contribution in [2.75, 3.05) is 0 Å². The highest BCUT2D eigenvalue weighted by Crippen LogP contribution is 2.39. The van der Waals surface area contributed by atoms with Crippen LogP contribution in [0.1, 0.15) is 5.56 Å². The third-order valence-corrected chi connectivity index (χ3v) is 4.80. The van der Waals surface area contributed by atoms with E-state index in [-0.39, 0.29) is 0 Å². The number of hydrogen-bond acceptors (Lipinski definition) is 2. The van der Waals surface area contributed by atoms with E-state index < -0.39 is 0 Å². The van der Waals surface area contributed by atoms with Crippen LogP contribution in [0, 0.1) is 6.92 Å². The Kier molecular flexibility index (Phi) is 2.57. The van der Waals surface area contributed by atoms with Gasteiger partial charge in [0, 0.05) is 31.9 Å². The van der Waals surface area contributed by atoms with Gasteiger partial charge in [0.25, 0.3) is 0 Å². The summed E-state index contributed by atoms with van der Waals surface area (Å²) in [6, 6.07) is 19.2. The van der Waals surface area contributed by atoms with Gasteiger partial charge in [0.1, 0.15) is 0 Å². The molecular weight excluding hydrogens is 262 g/mol. The molecule has 96 valence electrons. The van der Waals surface area contributed by atoms with Gasteiger partial charge < -0.3 is 0 Å². The fraction of sp³-hybridized carbons (Fsp3) is 0.0556. The summed E-state index contributed by atoms with van der Waals surface area (Å²) in [5.41, 5.74) is 3.58. The summed E-state index contributed by atoms with van der Waals surface area (Å²) in [5.74, 6) is 0. The monoisotopic (exact) mass is 275 g/mol. The van der Waals surface area contributed by atoms with Crippen molar-refractivity contribution >= 4 is 31.5 Å². The lowest BCUT2D eigenvalue weighted by molar-refractivity contribution is 1.33. The number of nitrogens with zero attached hydrogens (tertiary/aromatic N) is 1. The molecule has 2 aromatic heterocycles. The number of thiophene rings is 1. The lowest BCUT2D eigenvalue weighted by Crippen LogP contribution is -1.81. The maximum Gasteiger partial charge on any atom is 0.0716 e. The van der Waals surface area contributed by atoms with E-state index in [9.17, 15) is 0 Å². The minimum Gasteiger partial charge on any atom is -0.256 e. The number of fused-ring (bicyclic) bond motifs is 3. The van der Waals surface area contributed by atoms with Gasteiger partial charge in [0.2, 0.25) is 0 Å². The Morgan fingerprint density at radius 2 is 1.85 bits per heavy atom. The molecule has 20 heavy (non-hydrogen) atoms. The van der Waals surface area contributed by atoms with Gasteiger partial charge in [-0.1, -0.05) is 36.4 Å². The molecule has 0 bridgehead atoms. The molecule has 0 saturated heterocycles. The Morgan fingerprint density at radius 1 is 0.900 bits per heavy atom. The Balaban J connectivity index is 2.11. The van der Waals surface area contributed by atoms with Crippen LogP contribution < -0.4 is 0 Å². The predicted octanol–water partition coefficient (Wildman–Crippen LogP) is 5.42. The summed E-state index contributed by atoms with van der Waals surface area (Å²) in [6.45, 7) is 2.14. The smallest absolute Gasteiger partial charge is 0.0716 e. The van der Waals surface area contributed by atoms with E-state index in [4.69, 9.17) is 0 Å². The van der Waals surface area contributed by atoms with Crippen LogP contribution in [0.3, 0.4) is 0 Å². The van der Waals surface area contributed by atoms with Crippen molar-refractivity contribution in [1.29, 1.82) is 0 Å². The topological polar surface area (TPSA) is 12.9 Å². The van der Waals surface area contributed by atoms with Gasteiger partial charge in [0.05, 0.1) is 5.69 Å². The Labute approximate surface area is 121 Å². The normalized spacial score (nSPS) is 11.2. The molecule has 0 N–H and O–H groups in total. The molecule has 0 aliphatic carbocycles. The summed E-state index contributed by atoms with van der Waals surface area (Å²) in [5, 5.41) is 2.67. The molecule has 0 fully saturated rings. The highest BCUT2D eigenvalue weighted by Gasteiger charge is 2.10. The highest BCUT2D eigenvalue weighted by molar-refractivity contribution is 7.26. The molecule has 0 unspecified atom stereocenters. The van der Waals surface area contributed by atoms with Crippen LogP contribution in [0.5, 0.6) is 0 Å². The second-order valence-electron chi connectivity index (χ2n) is 5.00. The Hall–Kier alpha value is -2.19. The molecule has 0 amide bonds. The number of rotatable bonds is 1. The molecular formula is C18H13NS. The first-order valence-corrected chi connectivity index (χ1v) is 7.48. The maximum atomic E-state index is 4.49. The summed E-state index contributed by atoms with van der Waals surface area (Å²) < 4.78 is 2.68. The molecule has 0 radical (unpaired) electrons. The highest BCUT2D eigenvalue weighted by atomic mass is 32.1. The predicted molar refractivity (Wildman–Crippen MR) is 87.3 cm³/mol. The number of hydrogen-bond donors (Lipinski definition) is 0. The molecule has 4 aromatic rings. The van der Waals surface area contributed by atoms with Crippen molar-refractivity contribution in [3.05, 3.63) is 66.4 Å². The van der Waals surface area contributed by atoms with E-state index in [1.54, 1.807) is 0 Å². The van der Waals surface area contributed by atoms with Gasteiger partial charge >= 0.3 is 0 Å². The molecule has 4 rings (SSSR count). The SMILES string of the molecule is Cc1ccc2c(c1)sc1c(-c3ccccn3)cccc12. The zero-order valence-electron chi connectivity index (χ0n) is 11.1. The average molecular weight is 275 g/mol. The minimum absolute atomic E-state index is 1.04. The van der Waals surface area contributed by atoms with Crippen LogP contribution in [0.2, 0.25) is 0 Å². The maximum absolute atomic E-state index is 4.49. The molecule has 2 heterocycles. The van der Waals surface area contributed by atoms with Crippen molar-refractivity contribution in [3.63, 3.8) is 0 Å². The molecule has 2 aromatic carbocycles. The zero-order chi connectivity index (χ0) is 13.5. The van der Waals surface area contributed by atoms with E-state index in [0.29, 0.717) is 0 Å². The van der Waals surface area contributed by atoms with E-state index >= 15 is 0 Å². The first kappa shape index (κ1) is 11.6. The van der Waals surface area contributed by atoms with Gasteiger partial charge in [-0.25, -0.2) is 0 Å². The van der Waals surface area contributed by atoms with E-state index in [0.717, 1.165) is 5.69 Å². The van der Waals surface area contributed by atoms with Crippen LogP contribution in [0.25, 0.3) is 31.4 Å². The third kappa shape index (κ3) is 1.73. The van der Waals surface area contributed by atoms with E-state index in [1.165, 1.54) is 31.3 Å². The molecule has 1 nitrogen and oxygen atoms in total. The minimum atomic E-state index is 1.04. The summed E-state index contributed by atoms with van der Waals surface area (Å²) in [6.07, 6.45) is 1.85. The quantitative estimate of drug-likeness (QED) is 0.451. The molecule has 0 spiro atoms. The van der Waals surface area contributed by atoms with Crippen LogP contribution in [-0.2, 0) is 0 Å². The second kappa shape index (κ2) is 4.43. The largest absolute Gasteiger partial charge is 0.256 e. The van der Waals surface area contributed by atoms with Crippen molar-refractivity contribution in [2.45, 2.75) is 6.92 Å². The van der Waals surface area contributed by atoms with Crippen LogP contribution in [0.15, 0.2) is 60.8 Å². The summed E-state index contributed by atoms with van der Waals surface area (Å²) in [4.78, 5) is 4.49. The first-order valence-electron chi connectivity index (χ1n) is 6.66. The number of benzene rings is 2. The van der Waals surface area contributed by atoms with Crippen molar-refractivity contribution in [2.24, 2.45) is 0 Å². The van der Waals surface area contributed by atoms with E-state index in [1.807, 2.05) is 29.7 Å². The number of aromatic nitrogens is 1. The Morgan fingerprint density at radius 3 is 2.70 bits per heavy atom. The molecule has 0 aliphatic rings. The molecule has 0 atom stereocenters. The third-order valence-electron chi connectivity index (χ3n) is 3.60. The Bertz CT molecular complexity index is 907. The zero-order valence-corrected chi connectivity index (χ0v) is 11.9. The average Bonchev–Trinajstić information content (AvgIpc) is 2.85. The molecule has 2 heteroatoms. The summed E-state index contributed by atoms with van der Waals surface area (Å²) >= 11 is 1.86. The second-order valence-corrected chi connectivity index (χ2v) is 6.05. The van der Waals surface area contributed by atoms with Crippen molar-refractivity contribution in [3.8, 4) is 11.3 Å². The van der Waals surface area contributed by atoms with Crippen LogP contribution in [0.4, 0.5) is 0 Å². The summed E-state index contributed by atoms with van der Waals surface area (Å²) in [7, 11) is 0. The van der Waals surface area contributed by atoms with Gasteiger partial charge in [0.15, 0.2) is 0 Å². The number of aryl methyl sites for hydroxylation is 1. The fourth-order valence-electron chi connectivity index (χ4n) is 2.63. The van der Waals surface area contributed by atoms with Crippen LogP contribution >= 0.6 is 11.3 Å². The fourth-order valence-corrected chi connectivity index (χ4v) is 3.95. The van der Waals surface area contributed by atoms with Gasteiger partial charge in [-0.2, -0.15) is 0 Å². The van der Waals surface area contributed by atoms with Gasteiger partial charge in [-0.3, -0.25) is 4.98 Å². The standard InChI is InChI=1S/C18H13NS/c1-12-8-9-13-14-5-4-6-15(16-7-2-3-10-19-16)18(14)20-17(13)11-12/h2-11H,1H3.